The Kier molecular flexibility index (Phi) is 2.84. The molecule has 0 aliphatic heterocycles. The maximum atomic E-state index is 7.60. The first-order valence-electron chi connectivity index (χ1n) is 4.44. The standard InChI is InChI=1S/C9H17N3/c1-7-3-8(4-7)5-9(11)12(2)6-10/h6-8,10-11H,3-5H2,1-2H3. The largest absolute Gasteiger partial charge is 0.325 e. The molecule has 0 heterocycles. The van der Waals surface area contributed by atoms with Crippen molar-refractivity contribution >= 4 is 12.2 Å². The molecule has 12 heavy (non-hydrogen) atoms. The number of nitrogens with one attached hydrogen (secondary N) is 2. The van der Waals surface area contributed by atoms with Crippen LogP contribution in [0, 0.1) is 22.7 Å². The summed E-state index contributed by atoms with van der Waals surface area (Å²) in [5.74, 6) is 2.13. The summed E-state index contributed by atoms with van der Waals surface area (Å²) in [7, 11) is 1.76. The average Bonchev–Trinajstić information content (AvgIpc) is 2.00. The van der Waals surface area contributed by atoms with E-state index >= 15 is 0 Å². The molecule has 68 valence electrons. The van der Waals surface area contributed by atoms with Crippen molar-refractivity contribution in [2.45, 2.75) is 26.2 Å². The van der Waals surface area contributed by atoms with E-state index in [2.05, 4.69) is 6.92 Å². The van der Waals surface area contributed by atoms with E-state index in [-0.39, 0.29) is 0 Å². The second kappa shape index (κ2) is 3.70. The summed E-state index contributed by atoms with van der Waals surface area (Å²) in [6.45, 7) is 2.25. The van der Waals surface area contributed by atoms with E-state index in [9.17, 15) is 0 Å². The van der Waals surface area contributed by atoms with Gasteiger partial charge in [-0.15, -0.1) is 0 Å². The Morgan fingerprint density at radius 2 is 2.17 bits per heavy atom. The molecule has 0 saturated heterocycles. The SMILES string of the molecule is CC1CC(CC(=N)N(C)C=N)C1. The lowest BCUT2D eigenvalue weighted by atomic mass is 9.74. The van der Waals surface area contributed by atoms with Gasteiger partial charge in [0.2, 0.25) is 0 Å². The van der Waals surface area contributed by atoms with Gasteiger partial charge in [0.1, 0.15) is 5.84 Å². The van der Waals surface area contributed by atoms with Crippen molar-refractivity contribution in [3.8, 4) is 0 Å². The third-order valence-corrected chi connectivity index (χ3v) is 2.57. The van der Waals surface area contributed by atoms with Crippen LogP contribution in [0.1, 0.15) is 26.2 Å². The molecule has 2 N–H and O–H groups in total. The highest BCUT2D eigenvalue weighted by Crippen LogP contribution is 2.35. The first kappa shape index (κ1) is 9.23. The molecule has 0 atom stereocenters. The zero-order chi connectivity index (χ0) is 9.14. The summed E-state index contributed by atoms with van der Waals surface area (Å²) in [4.78, 5) is 1.57. The summed E-state index contributed by atoms with van der Waals surface area (Å²) in [6.07, 6.45) is 4.56. The molecule has 0 spiro atoms. The molecular formula is C9H17N3. The highest BCUT2D eigenvalue weighted by molar-refractivity contribution is 5.88. The molecule has 0 amide bonds. The van der Waals surface area contributed by atoms with Crippen LogP contribution < -0.4 is 0 Å². The van der Waals surface area contributed by atoms with Gasteiger partial charge in [-0.25, -0.2) is 0 Å². The summed E-state index contributed by atoms with van der Waals surface area (Å²) in [5, 5.41) is 14.6. The van der Waals surface area contributed by atoms with Crippen LogP contribution in [-0.4, -0.2) is 24.1 Å². The van der Waals surface area contributed by atoms with Crippen LogP contribution in [0.2, 0.25) is 0 Å². The highest BCUT2D eigenvalue weighted by atomic mass is 15.1. The molecule has 1 aliphatic rings. The molecule has 0 radical (unpaired) electrons. The molecule has 1 fully saturated rings. The van der Waals surface area contributed by atoms with Gasteiger partial charge < -0.3 is 4.90 Å². The molecule has 0 aromatic heterocycles. The summed E-state index contributed by atoms with van der Waals surface area (Å²) in [5.41, 5.74) is 0. The molecule has 1 saturated carbocycles. The molecule has 0 bridgehead atoms. The minimum absolute atomic E-state index is 0.571. The van der Waals surface area contributed by atoms with E-state index in [1.807, 2.05) is 0 Å². The third-order valence-electron chi connectivity index (χ3n) is 2.57. The quantitative estimate of drug-likeness (QED) is 0.490. The minimum atomic E-state index is 0.571. The summed E-state index contributed by atoms with van der Waals surface area (Å²) < 4.78 is 0. The molecule has 3 nitrogen and oxygen atoms in total. The molecule has 1 rings (SSSR count). The maximum Gasteiger partial charge on any atom is 0.101 e. The van der Waals surface area contributed by atoms with Crippen LogP contribution in [0.4, 0.5) is 0 Å². The van der Waals surface area contributed by atoms with E-state index in [1.165, 1.54) is 19.2 Å². The third kappa shape index (κ3) is 2.06. The van der Waals surface area contributed by atoms with Gasteiger partial charge in [-0.05, 0) is 24.7 Å². The monoisotopic (exact) mass is 167 g/mol. The van der Waals surface area contributed by atoms with E-state index in [1.54, 1.807) is 11.9 Å². The predicted molar refractivity (Wildman–Crippen MR) is 50.8 cm³/mol. The lowest BCUT2D eigenvalue weighted by Crippen LogP contribution is -2.30. The topological polar surface area (TPSA) is 50.9 Å². The molecule has 0 unspecified atom stereocenters. The Morgan fingerprint density at radius 1 is 1.58 bits per heavy atom. The first-order valence-corrected chi connectivity index (χ1v) is 4.44. The molecule has 3 heteroatoms. The summed E-state index contributed by atoms with van der Waals surface area (Å²) >= 11 is 0. The van der Waals surface area contributed by atoms with Crippen molar-refractivity contribution in [3.63, 3.8) is 0 Å². The fourth-order valence-electron chi connectivity index (χ4n) is 1.73. The van der Waals surface area contributed by atoms with E-state index in [0.29, 0.717) is 11.8 Å². The van der Waals surface area contributed by atoms with Gasteiger partial charge in [-0.1, -0.05) is 6.92 Å². The number of hydrogen-bond acceptors (Lipinski definition) is 2. The lowest BCUT2D eigenvalue weighted by molar-refractivity contribution is 0.217. The van der Waals surface area contributed by atoms with Crippen LogP contribution in [0.3, 0.4) is 0 Å². The van der Waals surface area contributed by atoms with Crippen molar-refractivity contribution < 1.29 is 0 Å². The second-order valence-electron chi connectivity index (χ2n) is 3.83. The normalized spacial score (nSPS) is 27.5. The van der Waals surface area contributed by atoms with E-state index in [4.69, 9.17) is 10.8 Å². The zero-order valence-corrected chi connectivity index (χ0v) is 7.80. The van der Waals surface area contributed by atoms with Crippen molar-refractivity contribution in [2.75, 3.05) is 7.05 Å². The molecule has 0 aromatic rings. The minimum Gasteiger partial charge on any atom is -0.325 e. The van der Waals surface area contributed by atoms with Crippen molar-refractivity contribution in [2.24, 2.45) is 11.8 Å². The Balaban J connectivity index is 2.23. The van der Waals surface area contributed by atoms with Gasteiger partial charge >= 0.3 is 0 Å². The van der Waals surface area contributed by atoms with Gasteiger partial charge in [0.25, 0.3) is 0 Å². The maximum absolute atomic E-state index is 7.60. The number of hydrogen-bond donors (Lipinski definition) is 2. The van der Waals surface area contributed by atoms with Gasteiger partial charge in [-0.3, -0.25) is 10.8 Å². The highest BCUT2D eigenvalue weighted by Gasteiger charge is 2.26. The van der Waals surface area contributed by atoms with Crippen LogP contribution in [0.25, 0.3) is 0 Å². The Hall–Kier alpha value is -0.860. The molecule has 1 aliphatic carbocycles. The van der Waals surface area contributed by atoms with Crippen molar-refractivity contribution in [1.29, 1.82) is 10.8 Å². The van der Waals surface area contributed by atoms with Gasteiger partial charge in [0, 0.05) is 13.5 Å². The zero-order valence-electron chi connectivity index (χ0n) is 7.80. The number of nitrogens with zero attached hydrogens (tertiary/aromatic N) is 1. The van der Waals surface area contributed by atoms with Gasteiger partial charge in [0.05, 0.1) is 6.34 Å². The van der Waals surface area contributed by atoms with Crippen LogP contribution >= 0.6 is 0 Å². The Morgan fingerprint density at radius 3 is 2.58 bits per heavy atom. The van der Waals surface area contributed by atoms with E-state index < -0.39 is 0 Å². The van der Waals surface area contributed by atoms with Crippen LogP contribution in [-0.2, 0) is 0 Å². The summed E-state index contributed by atoms with van der Waals surface area (Å²) in [6, 6.07) is 0. The van der Waals surface area contributed by atoms with Crippen LogP contribution in [0.5, 0.6) is 0 Å². The van der Waals surface area contributed by atoms with Crippen molar-refractivity contribution in [1.82, 2.24) is 4.90 Å². The first-order chi connectivity index (χ1) is 5.63. The Labute approximate surface area is 73.8 Å². The van der Waals surface area contributed by atoms with Gasteiger partial charge in [-0.2, -0.15) is 0 Å². The fraction of sp³-hybridized carbons (Fsp3) is 0.778. The van der Waals surface area contributed by atoms with Gasteiger partial charge in [0.15, 0.2) is 0 Å². The smallest absolute Gasteiger partial charge is 0.101 e. The molecular weight excluding hydrogens is 150 g/mol. The van der Waals surface area contributed by atoms with Crippen molar-refractivity contribution in [3.05, 3.63) is 0 Å². The number of rotatable bonds is 3. The molecule has 0 aromatic carbocycles. The fourth-order valence-corrected chi connectivity index (χ4v) is 1.73. The van der Waals surface area contributed by atoms with Crippen LogP contribution in [0.15, 0.2) is 0 Å². The number of amidine groups is 1. The average molecular weight is 167 g/mol. The van der Waals surface area contributed by atoms with E-state index in [0.717, 1.165) is 12.3 Å². The second-order valence-corrected chi connectivity index (χ2v) is 3.83. The Bertz CT molecular complexity index is 182. The predicted octanol–water partition coefficient (Wildman–Crippen LogP) is 1.94. The lowest BCUT2D eigenvalue weighted by Gasteiger charge is -2.33.